The van der Waals surface area contributed by atoms with Crippen molar-refractivity contribution < 1.29 is 13.6 Å². The summed E-state index contributed by atoms with van der Waals surface area (Å²) in [6.07, 6.45) is 0. The molecule has 2 N–H and O–H groups in total. The Morgan fingerprint density at radius 2 is 2.15 bits per heavy atom. The van der Waals surface area contributed by atoms with Crippen LogP contribution < -0.4 is 10.6 Å². The number of aromatic nitrogens is 1. The molecule has 6 heteroatoms. The second-order valence-electron chi connectivity index (χ2n) is 4.34. The number of carbonyl (C=O) groups excluding carboxylic acids is 1. The molecule has 0 fully saturated rings. The van der Waals surface area contributed by atoms with E-state index < -0.39 is 5.82 Å². The van der Waals surface area contributed by atoms with Gasteiger partial charge in [-0.2, -0.15) is 0 Å². The maximum absolute atomic E-state index is 13.6. The topological polar surface area (TPSA) is 67.2 Å². The molecule has 106 valence electrons. The molecule has 0 atom stereocenters. The Labute approximate surface area is 116 Å². The smallest absolute Gasteiger partial charge is 0.253 e. The highest BCUT2D eigenvalue weighted by Crippen LogP contribution is 2.19. The van der Waals surface area contributed by atoms with Gasteiger partial charge in [0.2, 0.25) is 5.89 Å². The molecule has 1 heterocycles. The van der Waals surface area contributed by atoms with Crippen LogP contribution in [0.15, 0.2) is 22.6 Å². The number of para-hydroxylation sites is 1. The van der Waals surface area contributed by atoms with Gasteiger partial charge < -0.3 is 15.1 Å². The minimum atomic E-state index is -0.469. The van der Waals surface area contributed by atoms with Gasteiger partial charge in [0, 0.05) is 7.05 Å². The maximum Gasteiger partial charge on any atom is 0.253 e. The zero-order chi connectivity index (χ0) is 14.7. The molecule has 0 spiro atoms. The van der Waals surface area contributed by atoms with Crippen LogP contribution in [0.1, 0.15) is 27.7 Å². The molecule has 0 aliphatic heterocycles. The fourth-order valence-corrected chi connectivity index (χ4v) is 1.83. The van der Waals surface area contributed by atoms with Crippen LogP contribution in [0, 0.1) is 19.7 Å². The van der Waals surface area contributed by atoms with Crippen LogP contribution in [0.2, 0.25) is 0 Å². The summed E-state index contributed by atoms with van der Waals surface area (Å²) in [5.41, 5.74) is 1.20. The number of carbonyl (C=O) groups is 1. The van der Waals surface area contributed by atoms with E-state index in [-0.39, 0.29) is 23.7 Å². The summed E-state index contributed by atoms with van der Waals surface area (Å²) in [6, 6.07) is 4.34. The lowest BCUT2D eigenvalue weighted by Gasteiger charge is -2.09. The van der Waals surface area contributed by atoms with E-state index in [2.05, 4.69) is 15.6 Å². The number of benzene rings is 1. The molecule has 1 amide bonds. The van der Waals surface area contributed by atoms with E-state index >= 15 is 0 Å². The van der Waals surface area contributed by atoms with Gasteiger partial charge in [0.1, 0.15) is 11.6 Å². The van der Waals surface area contributed by atoms with Gasteiger partial charge in [0.25, 0.3) is 5.91 Å². The molecule has 1 aromatic carbocycles. The van der Waals surface area contributed by atoms with Crippen molar-refractivity contribution in [2.75, 3.05) is 12.4 Å². The molecule has 0 bridgehead atoms. The van der Waals surface area contributed by atoms with Crippen LogP contribution in [0.5, 0.6) is 0 Å². The lowest BCUT2D eigenvalue weighted by atomic mass is 10.1. The molecule has 0 aliphatic carbocycles. The first-order valence-electron chi connectivity index (χ1n) is 6.20. The Bertz CT molecular complexity index is 618. The van der Waals surface area contributed by atoms with Crippen LogP contribution in [-0.2, 0) is 6.54 Å². The van der Waals surface area contributed by atoms with Crippen molar-refractivity contribution in [3.05, 3.63) is 46.9 Å². The summed E-state index contributed by atoms with van der Waals surface area (Å²) >= 11 is 0. The van der Waals surface area contributed by atoms with Crippen LogP contribution in [0.3, 0.4) is 0 Å². The second-order valence-corrected chi connectivity index (χ2v) is 4.34. The van der Waals surface area contributed by atoms with Gasteiger partial charge in [-0.15, -0.1) is 0 Å². The molecule has 5 nitrogen and oxygen atoms in total. The average molecular weight is 277 g/mol. The van der Waals surface area contributed by atoms with Crippen LogP contribution in [-0.4, -0.2) is 17.9 Å². The van der Waals surface area contributed by atoms with Gasteiger partial charge in [-0.25, -0.2) is 9.37 Å². The summed E-state index contributed by atoms with van der Waals surface area (Å²) in [5.74, 6) is 0.289. The van der Waals surface area contributed by atoms with Crippen molar-refractivity contribution >= 4 is 11.6 Å². The molecule has 0 unspecified atom stereocenters. The lowest BCUT2D eigenvalue weighted by Crippen LogP contribution is -2.24. The van der Waals surface area contributed by atoms with Gasteiger partial charge in [-0.05, 0) is 26.0 Å². The quantitative estimate of drug-likeness (QED) is 0.900. The van der Waals surface area contributed by atoms with Crippen molar-refractivity contribution in [2.24, 2.45) is 0 Å². The van der Waals surface area contributed by atoms with Crippen molar-refractivity contribution in [3.8, 4) is 0 Å². The Morgan fingerprint density at radius 1 is 1.40 bits per heavy atom. The predicted molar refractivity (Wildman–Crippen MR) is 73.1 cm³/mol. The third-order valence-corrected chi connectivity index (χ3v) is 2.98. The maximum atomic E-state index is 13.6. The molecule has 0 saturated heterocycles. The summed E-state index contributed by atoms with van der Waals surface area (Å²) in [7, 11) is 1.57. The third kappa shape index (κ3) is 2.79. The first kappa shape index (κ1) is 14.0. The van der Waals surface area contributed by atoms with E-state index in [4.69, 9.17) is 4.42 Å². The van der Waals surface area contributed by atoms with E-state index in [1.165, 1.54) is 12.1 Å². The number of nitrogens with one attached hydrogen (secondary N) is 2. The third-order valence-electron chi connectivity index (χ3n) is 2.98. The van der Waals surface area contributed by atoms with Crippen molar-refractivity contribution in [3.63, 3.8) is 0 Å². The summed E-state index contributed by atoms with van der Waals surface area (Å²) in [6.45, 7) is 3.79. The number of halogens is 1. The monoisotopic (exact) mass is 277 g/mol. The lowest BCUT2D eigenvalue weighted by molar-refractivity contribution is 0.0947. The minimum Gasteiger partial charge on any atom is -0.444 e. The zero-order valence-corrected chi connectivity index (χ0v) is 11.6. The van der Waals surface area contributed by atoms with Gasteiger partial charge >= 0.3 is 0 Å². The van der Waals surface area contributed by atoms with Crippen molar-refractivity contribution in [1.82, 2.24) is 10.3 Å². The minimum absolute atomic E-state index is 0.160. The highest BCUT2D eigenvalue weighted by Gasteiger charge is 2.15. The first-order chi connectivity index (χ1) is 9.52. The molecule has 20 heavy (non-hydrogen) atoms. The van der Waals surface area contributed by atoms with E-state index in [1.54, 1.807) is 20.0 Å². The second kappa shape index (κ2) is 5.73. The van der Waals surface area contributed by atoms with E-state index in [0.29, 0.717) is 5.89 Å². The number of hydrogen-bond acceptors (Lipinski definition) is 4. The molecule has 0 saturated carbocycles. The molecule has 0 aliphatic rings. The van der Waals surface area contributed by atoms with Crippen LogP contribution >= 0.6 is 0 Å². The Hall–Kier alpha value is -2.37. The molecule has 0 radical (unpaired) electrons. The fourth-order valence-electron chi connectivity index (χ4n) is 1.83. The number of anilines is 1. The largest absolute Gasteiger partial charge is 0.444 e. The van der Waals surface area contributed by atoms with E-state index in [9.17, 15) is 9.18 Å². The van der Waals surface area contributed by atoms with Crippen LogP contribution in [0.4, 0.5) is 10.1 Å². The summed E-state index contributed by atoms with van der Waals surface area (Å²) in [5, 5.41) is 5.34. The Kier molecular flexibility index (Phi) is 4.02. The van der Waals surface area contributed by atoms with Crippen molar-refractivity contribution in [1.29, 1.82) is 0 Å². The van der Waals surface area contributed by atoms with E-state index in [1.807, 2.05) is 6.92 Å². The number of rotatable bonds is 4. The van der Waals surface area contributed by atoms with Crippen molar-refractivity contribution in [2.45, 2.75) is 20.4 Å². The first-order valence-corrected chi connectivity index (χ1v) is 6.20. The van der Waals surface area contributed by atoms with E-state index in [0.717, 1.165) is 11.5 Å². The molecular weight excluding hydrogens is 261 g/mol. The number of amides is 1. The normalized spacial score (nSPS) is 10.4. The number of hydrogen-bond donors (Lipinski definition) is 2. The molecule has 1 aromatic heterocycles. The molecular formula is C14H16FN3O2. The highest BCUT2D eigenvalue weighted by molar-refractivity contribution is 5.99. The molecule has 2 aromatic rings. The predicted octanol–water partition coefficient (Wildman–Crippen LogP) is 2.40. The fraction of sp³-hybridized carbons (Fsp3) is 0.286. The average Bonchev–Trinajstić information content (AvgIpc) is 2.75. The highest BCUT2D eigenvalue weighted by atomic mass is 19.1. The Balaban J connectivity index is 2.11. The van der Waals surface area contributed by atoms with Crippen LogP contribution in [0.25, 0.3) is 0 Å². The molecule has 2 rings (SSSR count). The van der Waals surface area contributed by atoms with Gasteiger partial charge in [-0.3, -0.25) is 4.79 Å². The number of oxazole rings is 1. The SMILES string of the molecule is CNc1c(F)cccc1C(=O)NCc1nc(C)c(C)o1. The summed E-state index contributed by atoms with van der Waals surface area (Å²) < 4.78 is 18.9. The van der Waals surface area contributed by atoms with Gasteiger partial charge in [0.15, 0.2) is 0 Å². The standard InChI is InChI=1S/C14H16FN3O2/c1-8-9(2)20-12(18-8)7-17-14(19)10-5-4-6-11(15)13(10)16-3/h4-6,16H,7H2,1-3H3,(H,17,19). The van der Waals surface area contributed by atoms with Gasteiger partial charge in [0.05, 0.1) is 23.5 Å². The summed E-state index contributed by atoms with van der Waals surface area (Å²) in [4.78, 5) is 16.2. The number of aryl methyl sites for hydroxylation is 2. The number of nitrogens with zero attached hydrogens (tertiary/aromatic N) is 1. The Morgan fingerprint density at radius 3 is 2.75 bits per heavy atom. The van der Waals surface area contributed by atoms with Gasteiger partial charge in [-0.1, -0.05) is 6.07 Å². The zero-order valence-electron chi connectivity index (χ0n) is 11.6.